The Kier molecular flexibility index (Phi) is 3.40. The number of hydrogen-bond acceptors (Lipinski definition) is 4. The molecule has 2 N–H and O–H groups in total. The quantitative estimate of drug-likeness (QED) is 0.818. The zero-order chi connectivity index (χ0) is 12.5. The molecule has 5 heteroatoms. The van der Waals surface area contributed by atoms with Crippen molar-refractivity contribution in [2.45, 2.75) is 37.3 Å². The number of rotatable bonds is 3. The largest absolute Gasteiger partial charge is 0.493 e. The fourth-order valence-corrected chi connectivity index (χ4v) is 2.72. The number of nitrogens with one attached hydrogen (secondary N) is 1. The van der Waals surface area contributed by atoms with E-state index in [2.05, 4.69) is 10.4 Å². The predicted octanol–water partition coefficient (Wildman–Crippen LogP) is 0.778. The number of nitrogens with zero attached hydrogens (tertiary/aromatic N) is 2. The maximum Gasteiger partial charge on any atom is 0.162 e. The van der Waals surface area contributed by atoms with Gasteiger partial charge in [0.2, 0.25) is 0 Å². The summed E-state index contributed by atoms with van der Waals surface area (Å²) in [7, 11) is 5.43. The van der Waals surface area contributed by atoms with Crippen molar-refractivity contribution in [3.63, 3.8) is 0 Å². The summed E-state index contributed by atoms with van der Waals surface area (Å²) in [5.41, 5.74) is -0.00113. The van der Waals surface area contributed by atoms with Crippen LogP contribution in [0.1, 0.15) is 31.4 Å². The van der Waals surface area contributed by atoms with Gasteiger partial charge in [-0.05, 0) is 32.7 Å². The van der Waals surface area contributed by atoms with E-state index in [1.165, 1.54) is 0 Å². The molecule has 1 aromatic heterocycles. The summed E-state index contributed by atoms with van der Waals surface area (Å²) in [6, 6.07) is 0.509. The van der Waals surface area contributed by atoms with Gasteiger partial charge in [0.1, 0.15) is 11.3 Å². The van der Waals surface area contributed by atoms with E-state index in [0.717, 1.165) is 31.4 Å². The van der Waals surface area contributed by atoms with E-state index in [1.54, 1.807) is 18.0 Å². The molecule has 0 unspecified atom stereocenters. The molecule has 1 saturated carbocycles. The van der Waals surface area contributed by atoms with Crippen LogP contribution in [-0.4, -0.2) is 35.1 Å². The molecule has 0 atom stereocenters. The third-order valence-electron chi connectivity index (χ3n) is 3.79. The molecule has 1 heterocycles. The lowest BCUT2D eigenvalue weighted by molar-refractivity contribution is -0.0165. The highest BCUT2D eigenvalue weighted by molar-refractivity contribution is 5.31. The predicted molar refractivity (Wildman–Crippen MR) is 65.0 cm³/mol. The summed E-state index contributed by atoms with van der Waals surface area (Å²) in [5.74, 6) is 0.679. The molecule has 1 fully saturated rings. The maximum atomic E-state index is 10.8. The van der Waals surface area contributed by atoms with E-state index in [0.29, 0.717) is 11.8 Å². The Hall–Kier alpha value is -1.07. The van der Waals surface area contributed by atoms with Gasteiger partial charge in [0.15, 0.2) is 5.75 Å². The van der Waals surface area contributed by atoms with Crippen molar-refractivity contribution in [2.75, 3.05) is 14.2 Å². The first kappa shape index (κ1) is 12.4. The van der Waals surface area contributed by atoms with Gasteiger partial charge in [0.05, 0.1) is 13.3 Å². The third kappa shape index (κ3) is 2.17. The normalized spacial score (nSPS) is 29.3. The highest BCUT2D eigenvalue weighted by atomic mass is 16.5. The molecule has 0 spiro atoms. The second-order valence-electron chi connectivity index (χ2n) is 4.78. The zero-order valence-corrected chi connectivity index (χ0v) is 10.7. The first-order valence-corrected chi connectivity index (χ1v) is 6.07. The van der Waals surface area contributed by atoms with Gasteiger partial charge in [-0.25, -0.2) is 0 Å². The first-order chi connectivity index (χ1) is 8.10. The standard InChI is InChI=1S/C12H21N3O2/c1-13-9-4-6-12(16,7-5-9)11-10(17-3)8-14-15(11)2/h8-9,13,16H,4-7H2,1-3H3. The van der Waals surface area contributed by atoms with E-state index in [-0.39, 0.29) is 0 Å². The van der Waals surface area contributed by atoms with Crippen LogP contribution in [0.25, 0.3) is 0 Å². The van der Waals surface area contributed by atoms with Crippen molar-refractivity contribution < 1.29 is 9.84 Å². The molecule has 0 amide bonds. The Balaban J connectivity index is 2.24. The third-order valence-corrected chi connectivity index (χ3v) is 3.79. The van der Waals surface area contributed by atoms with Crippen molar-refractivity contribution in [3.8, 4) is 5.75 Å². The van der Waals surface area contributed by atoms with Gasteiger partial charge in [-0.3, -0.25) is 4.68 Å². The molecule has 0 aromatic carbocycles. The summed E-state index contributed by atoms with van der Waals surface area (Å²) in [5, 5.41) is 18.2. The molecule has 0 aliphatic heterocycles. The van der Waals surface area contributed by atoms with E-state index in [1.807, 2.05) is 14.1 Å². The minimum absolute atomic E-state index is 0.509. The molecular formula is C12H21N3O2. The minimum Gasteiger partial charge on any atom is -0.493 e. The van der Waals surface area contributed by atoms with Crippen LogP contribution in [-0.2, 0) is 12.6 Å². The minimum atomic E-state index is -0.802. The topological polar surface area (TPSA) is 59.3 Å². The number of ether oxygens (including phenoxy) is 1. The van der Waals surface area contributed by atoms with Crippen LogP contribution < -0.4 is 10.1 Å². The van der Waals surface area contributed by atoms with Gasteiger partial charge in [-0.1, -0.05) is 0 Å². The Morgan fingerprint density at radius 2 is 2.18 bits per heavy atom. The molecule has 0 saturated heterocycles. The van der Waals surface area contributed by atoms with Crippen LogP contribution in [0.4, 0.5) is 0 Å². The van der Waals surface area contributed by atoms with Crippen LogP contribution in [0, 0.1) is 0 Å². The molecule has 1 aromatic rings. The van der Waals surface area contributed by atoms with Crippen molar-refractivity contribution in [1.29, 1.82) is 0 Å². The van der Waals surface area contributed by atoms with Crippen LogP contribution in [0.2, 0.25) is 0 Å². The Bertz CT molecular complexity index is 381. The second-order valence-corrected chi connectivity index (χ2v) is 4.78. The van der Waals surface area contributed by atoms with Crippen molar-refractivity contribution in [1.82, 2.24) is 15.1 Å². The van der Waals surface area contributed by atoms with Crippen molar-refractivity contribution >= 4 is 0 Å². The number of aliphatic hydroxyl groups is 1. The zero-order valence-electron chi connectivity index (χ0n) is 10.7. The van der Waals surface area contributed by atoms with Gasteiger partial charge in [-0.2, -0.15) is 5.10 Å². The summed E-state index contributed by atoms with van der Waals surface area (Å²) in [6.07, 6.45) is 5.10. The van der Waals surface area contributed by atoms with Crippen LogP contribution in [0.3, 0.4) is 0 Å². The fourth-order valence-electron chi connectivity index (χ4n) is 2.72. The molecule has 2 rings (SSSR count). The summed E-state index contributed by atoms with van der Waals surface area (Å²) in [6.45, 7) is 0. The number of methoxy groups -OCH3 is 1. The van der Waals surface area contributed by atoms with E-state index < -0.39 is 5.60 Å². The molecular weight excluding hydrogens is 218 g/mol. The lowest BCUT2D eigenvalue weighted by Gasteiger charge is -2.36. The van der Waals surface area contributed by atoms with Gasteiger partial charge in [0, 0.05) is 13.1 Å². The van der Waals surface area contributed by atoms with Crippen molar-refractivity contribution in [3.05, 3.63) is 11.9 Å². The number of hydrogen-bond donors (Lipinski definition) is 2. The summed E-state index contributed by atoms with van der Waals surface area (Å²) < 4.78 is 7.00. The number of aromatic nitrogens is 2. The van der Waals surface area contributed by atoms with Crippen LogP contribution in [0.15, 0.2) is 6.20 Å². The Morgan fingerprint density at radius 3 is 2.71 bits per heavy atom. The molecule has 5 nitrogen and oxygen atoms in total. The van der Waals surface area contributed by atoms with Gasteiger partial charge in [-0.15, -0.1) is 0 Å². The average Bonchev–Trinajstić information content (AvgIpc) is 2.72. The summed E-state index contributed by atoms with van der Waals surface area (Å²) >= 11 is 0. The van der Waals surface area contributed by atoms with Crippen LogP contribution >= 0.6 is 0 Å². The second kappa shape index (κ2) is 4.66. The highest BCUT2D eigenvalue weighted by Gasteiger charge is 2.39. The lowest BCUT2D eigenvalue weighted by atomic mass is 9.80. The molecule has 96 valence electrons. The molecule has 0 bridgehead atoms. The molecule has 17 heavy (non-hydrogen) atoms. The lowest BCUT2D eigenvalue weighted by Crippen LogP contribution is -2.39. The van der Waals surface area contributed by atoms with E-state index >= 15 is 0 Å². The fraction of sp³-hybridized carbons (Fsp3) is 0.750. The molecule has 1 aliphatic rings. The average molecular weight is 239 g/mol. The number of aryl methyl sites for hydroxylation is 1. The Labute approximate surface area is 102 Å². The smallest absolute Gasteiger partial charge is 0.162 e. The summed E-state index contributed by atoms with van der Waals surface area (Å²) in [4.78, 5) is 0. The van der Waals surface area contributed by atoms with E-state index in [4.69, 9.17) is 4.74 Å². The molecule has 1 aliphatic carbocycles. The maximum absolute atomic E-state index is 10.8. The van der Waals surface area contributed by atoms with Gasteiger partial charge in [0.25, 0.3) is 0 Å². The van der Waals surface area contributed by atoms with Gasteiger partial charge < -0.3 is 15.2 Å². The molecule has 0 radical (unpaired) electrons. The van der Waals surface area contributed by atoms with E-state index in [9.17, 15) is 5.11 Å². The van der Waals surface area contributed by atoms with Gasteiger partial charge >= 0.3 is 0 Å². The SMILES string of the molecule is CNC1CCC(O)(c2c(OC)cnn2C)CC1. The first-order valence-electron chi connectivity index (χ1n) is 6.07. The monoisotopic (exact) mass is 239 g/mol. The van der Waals surface area contributed by atoms with Crippen LogP contribution in [0.5, 0.6) is 5.75 Å². The van der Waals surface area contributed by atoms with Crippen molar-refractivity contribution in [2.24, 2.45) is 7.05 Å². The Morgan fingerprint density at radius 1 is 1.53 bits per heavy atom. The highest BCUT2D eigenvalue weighted by Crippen LogP contribution is 2.40.